The molecule has 19 atom stereocenters. The van der Waals surface area contributed by atoms with E-state index >= 15 is 0 Å². The molecule has 0 aromatic carbocycles. The molecule has 4 fully saturated rings. The number of rotatable bonds is 7. The van der Waals surface area contributed by atoms with Crippen LogP contribution in [0.1, 0.15) is 87.5 Å². The Morgan fingerprint density at radius 3 is 2.31 bits per heavy atom. The number of hydrogen-bond acceptors (Lipinski definition) is 14. The molecule has 0 unspecified atom stereocenters. The highest BCUT2D eigenvalue weighted by atomic mass is 16.7. The van der Waals surface area contributed by atoms with Crippen molar-refractivity contribution in [2.75, 3.05) is 20.8 Å². The third kappa shape index (κ3) is 9.58. The van der Waals surface area contributed by atoms with Gasteiger partial charge in [-0.1, -0.05) is 64.2 Å². The van der Waals surface area contributed by atoms with Crippen LogP contribution in [0.5, 0.6) is 0 Å². The van der Waals surface area contributed by atoms with Gasteiger partial charge in [0.2, 0.25) is 0 Å². The molecular weight excluding hydrogens is 787 g/mol. The average molecular weight is 858 g/mol. The van der Waals surface area contributed by atoms with Crippen LogP contribution in [0.15, 0.2) is 59.3 Å². The Bertz CT molecular complexity index is 1710. The van der Waals surface area contributed by atoms with Crippen molar-refractivity contribution >= 4 is 5.97 Å². The first kappa shape index (κ1) is 46.7. The molecule has 0 aromatic rings. The molecule has 0 radical (unpaired) electrons. The highest BCUT2D eigenvalue weighted by Gasteiger charge is 2.60. The monoisotopic (exact) mass is 857 g/mol. The second-order valence-electron chi connectivity index (χ2n) is 18.9. The number of carbonyl (C=O) groups is 1. The Morgan fingerprint density at radius 2 is 1.59 bits per heavy atom. The minimum Gasteiger partial charge on any atom is -0.462 e. The van der Waals surface area contributed by atoms with E-state index < -0.39 is 72.5 Å². The smallest absolute Gasteiger partial charge is 0.316 e. The van der Waals surface area contributed by atoms with E-state index in [9.17, 15) is 15.0 Å². The van der Waals surface area contributed by atoms with Crippen molar-refractivity contribution in [1.82, 2.24) is 0 Å². The highest BCUT2D eigenvalue weighted by Crippen LogP contribution is 2.47. The zero-order valence-corrected chi connectivity index (χ0v) is 37.6. The number of aliphatic hydroxyl groups excluding tert-OH is 1. The maximum absolute atomic E-state index is 14.3. The van der Waals surface area contributed by atoms with Crippen molar-refractivity contribution < 1.29 is 62.4 Å². The summed E-state index contributed by atoms with van der Waals surface area (Å²) in [5.74, 6) is -2.58. The molecule has 14 nitrogen and oxygen atoms in total. The van der Waals surface area contributed by atoms with E-state index in [4.69, 9.17) is 53.1 Å². The van der Waals surface area contributed by atoms with E-state index in [0.29, 0.717) is 43.3 Å². The van der Waals surface area contributed by atoms with Gasteiger partial charge in [0.05, 0.1) is 55.4 Å². The molecule has 4 N–H and O–H groups in total. The molecule has 342 valence electrons. The Hall–Kier alpha value is -2.31. The van der Waals surface area contributed by atoms with Gasteiger partial charge in [-0.3, -0.25) is 4.79 Å². The molecule has 4 saturated heterocycles. The minimum absolute atomic E-state index is 0.0375. The summed E-state index contributed by atoms with van der Waals surface area (Å²) < 4.78 is 63.8. The Morgan fingerprint density at radius 1 is 0.885 bits per heavy atom. The van der Waals surface area contributed by atoms with Gasteiger partial charge in [0.25, 0.3) is 0 Å². The van der Waals surface area contributed by atoms with Crippen LogP contribution < -0.4 is 5.73 Å². The second-order valence-corrected chi connectivity index (χ2v) is 18.9. The fraction of sp³-hybridized carbons (Fsp3) is 0.766. The normalized spacial score (nSPS) is 49.3. The van der Waals surface area contributed by atoms with Gasteiger partial charge in [-0.05, 0) is 62.8 Å². The number of nitrogens with two attached hydrogens (primary N) is 1. The number of ether oxygens (including phenoxy) is 10. The Kier molecular flexibility index (Phi) is 14.6. The van der Waals surface area contributed by atoms with Crippen LogP contribution in [0.4, 0.5) is 0 Å². The molecule has 1 spiro atoms. The number of hydrogen-bond donors (Lipinski definition) is 3. The molecule has 0 saturated carbocycles. The summed E-state index contributed by atoms with van der Waals surface area (Å²) in [5, 5.41) is 23.7. The SMILES string of the molecule is CO[C@H]1C[C@H](O[C@H]2[C@H](C)O[C@@H](O[C@@H]3/C(C)=C/C[C@@H]4C[C@@H](C[C@]5(C=C[C@H](C)[C@@H](C(C)C)O5)O4)OC(=O)[C@@H]4C=C(C)[C@@H](O)[C@H]5OC/C(=C\C=C\[C@@H]3C)[C@]54O)C[C@@H]2OC)O[C@@H](C)[C@@H]1N. The van der Waals surface area contributed by atoms with Crippen molar-refractivity contribution in [2.45, 2.75) is 185 Å². The Balaban J connectivity index is 1.18. The summed E-state index contributed by atoms with van der Waals surface area (Å²) in [4.78, 5) is 14.3. The fourth-order valence-corrected chi connectivity index (χ4v) is 10.5. The maximum Gasteiger partial charge on any atom is 0.316 e. The molecule has 6 aliphatic heterocycles. The zero-order valence-electron chi connectivity index (χ0n) is 37.6. The summed E-state index contributed by atoms with van der Waals surface area (Å²) in [5.41, 5.74) is 6.48. The molecule has 0 amide bonds. The number of esters is 1. The van der Waals surface area contributed by atoms with Crippen molar-refractivity contribution in [3.05, 3.63) is 59.3 Å². The van der Waals surface area contributed by atoms with E-state index in [1.807, 2.05) is 39.0 Å². The summed E-state index contributed by atoms with van der Waals surface area (Å²) >= 11 is 0. The van der Waals surface area contributed by atoms with E-state index in [-0.39, 0.29) is 60.9 Å². The predicted octanol–water partition coefficient (Wildman–Crippen LogP) is 4.95. The number of aliphatic hydroxyl groups is 2. The van der Waals surface area contributed by atoms with E-state index in [0.717, 1.165) is 5.57 Å². The van der Waals surface area contributed by atoms with Crippen LogP contribution in [0, 0.1) is 23.7 Å². The molecular formula is C47H71NO13. The lowest BCUT2D eigenvalue weighted by Gasteiger charge is -2.48. The van der Waals surface area contributed by atoms with Crippen LogP contribution in [0.2, 0.25) is 0 Å². The molecule has 61 heavy (non-hydrogen) atoms. The second kappa shape index (κ2) is 19.0. The molecule has 14 heteroatoms. The first-order valence-corrected chi connectivity index (χ1v) is 22.4. The van der Waals surface area contributed by atoms with Crippen LogP contribution in [-0.4, -0.2) is 134 Å². The minimum atomic E-state index is -1.83. The maximum atomic E-state index is 14.3. The van der Waals surface area contributed by atoms with Gasteiger partial charge < -0.3 is 63.3 Å². The van der Waals surface area contributed by atoms with Crippen molar-refractivity contribution in [3.63, 3.8) is 0 Å². The summed E-state index contributed by atoms with van der Waals surface area (Å²) in [6.07, 6.45) is 9.21. The standard InChI is InChI=1S/C47H71NO13/c1-24(2)41-27(5)16-17-46(61-41)22-33-19-32(60-46)15-14-26(4)42(25(3)12-11-13-31-23-54-44-40(49)28(6)18-34(45(50)57-33)47(31,44)51)58-38-21-36(53-10)43(30(8)56-38)59-37-20-35(52-9)39(48)29(7)55-37/h11-14,16-18,24-25,27,29-30,32-44,49,51H,15,19-23,48H2,1-10H3/b12-11+,26-14+,31-13+/t25-,27-,29-,30-,32+,33-,34-,35-,36-,37-,38-,39-,40+,41+,42-,43-,44+,46+,47+/m0/s1. The van der Waals surface area contributed by atoms with E-state index in [2.05, 4.69) is 39.8 Å². The van der Waals surface area contributed by atoms with Gasteiger partial charge in [-0.25, -0.2) is 0 Å². The third-order valence-electron chi connectivity index (χ3n) is 14.1. The largest absolute Gasteiger partial charge is 0.462 e. The van der Waals surface area contributed by atoms with E-state index in [1.165, 1.54) is 0 Å². The summed E-state index contributed by atoms with van der Waals surface area (Å²) in [7, 11) is 3.32. The molecule has 2 bridgehead atoms. The van der Waals surface area contributed by atoms with E-state index in [1.54, 1.807) is 33.3 Å². The van der Waals surface area contributed by atoms with Gasteiger partial charge in [0.1, 0.15) is 35.9 Å². The van der Waals surface area contributed by atoms with Gasteiger partial charge >= 0.3 is 5.97 Å². The lowest BCUT2D eigenvalue weighted by molar-refractivity contribution is -0.311. The topological polar surface area (TPSA) is 176 Å². The molecule has 7 aliphatic rings. The van der Waals surface area contributed by atoms with Crippen LogP contribution >= 0.6 is 0 Å². The predicted molar refractivity (Wildman–Crippen MR) is 225 cm³/mol. The number of fused-ring (bicyclic) bond motifs is 2. The van der Waals surface area contributed by atoms with Gasteiger partial charge in [-0.2, -0.15) is 0 Å². The highest BCUT2D eigenvalue weighted by molar-refractivity contribution is 5.78. The van der Waals surface area contributed by atoms with Gasteiger partial charge in [0, 0.05) is 51.7 Å². The number of methoxy groups -OCH3 is 2. The number of allylic oxidation sites excluding steroid dienone is 2. The van der Waals surface area contributed by atoms with Crippen molar-refractivity contribution in [2.24, 2.45) is 29.4 Å². The van der Waals surface area contributed by atoms with Gasteiger partial charge in [-0.15, -0.1) is 0 Å². The summed E-state index contributed by atoms with van der Waals surface area (Å²) in [6, 6.07) is -0.256. The average Bonchev–Trinajstić information content (AvgIpc) is 3.56. The quantitative estimate of drug-likeness (QED) is 0.232. The molecule has 7 rings (SSSR count). The molecule has 0 aromatic heterocycles. The van der Waals surface area contributed by atoms with Crippen LogP contribution in [-0.2, 0) is 52.2 Å². The fourth-order valence-electron chi connectivity index (χ4n) is 10.5. The van der Waals surface area contributed by atoms with Crippen LogP contribution in [0.3, 0.4) is 0 Å². The van der Waals surface area contributed by atoms with Crippen molar-refractivity contribution in [3.8, 4) is 0 Å². The first-order valence-electron chi connectivity index (χ1n) is 22.4. The first-order chi connectivity index (χ1) is 29.0. The third-order valence-corrected chi connectivity index (χ3v) is 14.1. The lowest BCUT2D eigenvalue weighted by Crippen LogP contribution is -2.58. The lowest BCUT2D eigenvalue weighted by atomic mass is 9.71. The van der Waals surface area contributed by atoms with Crippen molar-refractivity contribution in [1.29, 1.82) is 0 Å². The van der Waals surface area contributed by atoms with Crippen LogP contribution in [0.25, 0.3) is 0 Å². The molecule has 1 aliphatic carbocycles. The summed E-state index contributed by atoms with van der Waals surface area (Å²) in [6.45, 7) is 16.2. The zero-order chi connectivity index (χ0) is 44.0. The molecule has 6 heterocycles. The Labute approximate surface area is 361 Å². The van der Waals surface area contributed by atoms with Gasteiger partial charge in [0.15, 0.2) is 18.4 Å². The number of carbonyl (C=O) groups excluding carboxylic acids is 1.